The predicted octanol–water partition coefficient (Wildman–Crippen LogP) is 1.46. The van der Waals surface area contributed by atoms with Crippen molar-refractivity contribution in [2.24, 2.45) is 5.92 Å². The van der Waals surface area contributed by atoms with Crippen LogP contribution in [0.2, 0.25) is 0 Å². The van der Waals surface area contributed by atoms with E-state index in [0.29, 0.717) is 29.4 Å². The van der Waals surface area contributed by atoms with Crippen molar-refractivity contribution < 1.29 is 9.53 Å². The summed E-state index contributed by atoms with van der Waals surface area (Å²) in [5.41, 5.74) is 0.716. The number of ether oxygens (including phenoxy) is 1. The third-order valence-corrected chi connectivity index (χ3v) is 3.37. The van der Waals surface area contributed by atoms with Crippen molar-refractivity contribution in [1.82, 2.24) is 20.6 Å². The molecule has 7 heteroatoms. The van der Waals surface area contributed by atoms with Gasteiger partial charge in [0, 0.05) is 7.11 Å². The molecule has 0 aliphatic heterocycles. The lowest BCUT2D eigenvalue weighted by molar-refractivity contribution is 0.157. The first-order valence-corrected chi connectivity index (χ1v) is 6.98. The standard InChI is InChI=1S/C12H17BrN4O2/c1-19-7-10(8-2-3-8)17-12(18)16-5-9-4-15-11(13)6-14-9/h4,6,8,10H,2-3,5,7H2,1H3,(H2,16,17,18)/t10-/m0/s1. The summed E-state index contributed by atoms with van der Waals surface area (Å²) in [7, 11) is 1.65. The summed E-state index contributed by atoms with van der Waals surface area (Å²) in [5.74, 6) is 0.554. The third-order valence-electron chi connectivity index (χ3n) is 2.96. The van der Waals surface area contributed by atoms with Gasteiger partial charge in [0.1, 0.15) is 4.60 Å². The van der Waals surface area contributed by atoms with Crippen molar-refractivity contribution in [1.29, 1.82) is 0 Å². The molecule has 19 heavy (non-hydrogen) atoms. The first-order valence-electron chi connectivity index (χ1n) is 6.18. The smallest absolute Gasteiger partial charge is 0.315 e. The molecule has 0 spiro atoms. The molecule has 1 aliphatic carbocycles. The Bertz CT molecular complexity index is 422. The molecule has 0 radical (unpaired) electrons. The third kappa shape index (κ3) is 4.76. The Morgan fingerprint density at radius 3 is 2.89 bits per heavy atom. The molecule has 1 heterocycles. The van der Waals surface area contributed by atoms with Crippen LogP contribution in [0.15, 0.2) is 17.0 Å². The number of carbonyl (C=O) groups is 1. The monoisotopic (exact) mass is 328 g/mol. The van der Waals surface area contributed by atoms with Crippen LogP contribution in [0.4, 0.5) is 4.79 Å². The first-order chi connectivity index (χ1) is 9.19. The second kappa shape index (κ2) is 6.81. The van der Waals surface area contributed by atoms with E-state index < -0.39 is 0 Å². The van der Waals surface area contributed by atoms with E-state index in [0.717, 1.165) is 12.8 Å². The Labute approximate surface area is 120 Å². The molecule has 0 unspecified atom stereocenters. The van der Waals surface area contributed by atoms with Gasteiger partial charge in [-0.25, -0.2) is 9.78 Å². The second-order valence-electron chi connectivity index (χ2n) is 4.56. The minimum atomic E-state index is -0.196. The lowest BCUT2D eigenvalue weighted by Gasteiger charge is -2.17. The number of hydrogen-bond donors (Lipinski definition) is 2. The van der Waals surface area contributed by atoms with Crippen LogP contribution in [0, 0.1) is 5.92 Å². The van der Waals surface area contributed by atoms with Crippen LogP contribution in [0.1, 0.15) is 18.5 Å². The molecule has 0 aromatic carbocycles. The van der Waals surface area contributed by atoms with Crippen LogP contribution in [0.3, 0.4) is 0 Å². The van der Waals surface area contributed by atoms with E-state index in [4.69, 9.17) is 4.74 Å². The van der Waals surface area contributed by atoms with Gasteiger partial charge in [-0.05, 0) is 34.7 Å². The zero-order chi connectivity index (χ0) is 13.7. The fourth-order valence-electron chi connectivity index (χ4n) is 1.79. The number of urea groups is 1. The molecule has 1 saturated carbocycles. The van der Waals surface area contributed by atoms with Gasteiger partial charge >= 0.3 is 6.03 Å². The molecule has 6 nitrogen and oxygen atoms in total. The van der Waals surface area contributed by atoms with Crippen LogP contribution in [-0.2, 0) is 11.3 Å². The van der Waals surface area contributed by atoms with Crippen LogP contribution in [0.5, 0.6) is 0 Å². The second-order valence-corrected chi connectivity index (χ2v) is 5.37. The number of nitrogens with zero attached hydrogens (tertiary/aromatic N) is 2. The van der Waals surface area contributed by atoms with Gasteiger partial charge < -0.3 is 15.4 Å². The molecule has 1 aromatic rings. The quantitative estimate of drug-likeness (QED) is 0.829. The topological polar surface area (TPSA) is 76.1 Å². The molecule has 1 aliphatic rings. The van der Waals surface area contributed by atoms with E-state index in [1.54, 1.807) is 19.5 Å². The lowest BCUT2D eigenvalue weighted by atomic mass is 10.2. The van der Waals surface area contributed by atoms with Crippen molar-refractivity contribution in [3.8, 4) is 0 Å². The maximum absolute atomic E-state index is 11.8. The number of methoxy groups -OCH3 is 1. The Morgan fingerprint density at radius 2 is 2.32 bits per heavy atom. The lowest BCUT2D eigenvalue weighted by Crippen LogP contribution is -2.45. The zero-order valence-electron chi connectivity index (χ0n) is 10.7. The van der Waals surface area contributed by atoms with Gasteiger partial charge in [0.05, 0.1) is 37.3 Å². The fraction of sp³-hybridized carbons (Fsp3) is 0.583. The average molecular weight is 329 g/mol. The minimum absolute atomic E-state index is 0.0981. The highest BCUT2D eigenvalue weighted by Crippen LogP contribution is 2.32. The number of rotatable bonds is 6. The maximum Gasteiger partial charge on any atom is 0.315 e. The largest absolute Gasteiger partial charge is 0.383 e. The molecule has 0 bridgehead atoms. The van der Waals surface area contributed by atoms with E-state index in [1.165, 1.54) is 0 Å². The average Bonchev–Trinajstić information content (AvgIpc) is 3.22. The Kier molecular flexibility index (Phi) is 5.09. The Hall–Kier alpha value is -1.21. The van der Waals surface area contributed by atoms with E-state index in [2.05, 4.69) is 36.5 Å². The highest BCUT2D eigenvalue weighted by molar-refractivity contribution is 9.10. The molecule has 1 atom stereocenters. The van der Waals surface area contributed by atoms with Crippen molar-refractivity contribution >= 4 is 22.0 Å². The summed E-state index contributed by atoms with van der Waals surface area (Å²) >= 11 is 3.21. The SMILES string of the molecule is COC[C@H](NC(=O)NCc1cnc(Br)cn1)C1CC1. The van der Waals surface area contributed by atoms with Gasteiger partial charge in [-0.3, -0.25) is 4.98 Å². The summed E-state index contributed by atoms with van der Waals surface area (Å²) < 4.78 is 5.79. The zero-order valence-corrected chi connectivity index (χ0v) is 12.3. The van der Waals surface area contributed by atoms with Gasteiger partial charge in [-0.2, -0.15) is 0 Å². The van der Waals surface area contributed by atoms with E-state index in [1.807, 2.05) is 0 Å². The van der Waals surface area contributed by atoms with Crippen LogP contribution < -0.4 is 10.6 Å². The molecule has 2 N–H and O–H groups in total. The number of aromatic nitrogens is 2. The van der Waals surface area contributed by atoms with Crippen molar-refractivity contribution in [2.45, 2.75) is 25.4 Å². The predicted molar refractivity (Wildman–Crippen MR) is 73.5 cm³/mol. The first kappa shape index (κ1) is 14.2. The highest BCUT2D eigenvalue weighted by atomic mass is 79.9. The fourth-order valence-corrected chi connectivity index (χ4v) is 2.00. The summed E-state index contributed by atoms with van der Waals surface area (Å²) in [6, 6.07) is -0.0975. The van der Waals surface area contributed by atoms with Gasteiger partial charge in [-0.15, -0.1) is 0 Å². The molecule has 0 saturated heterocycles. The Balaban J connectivity index is 1.75. The van der Waals surface area contributed by atoms with Gasteiger partial charge in [-0.1, -0.05) is 0 Å². The van der Waals surface area contributed by atoms with Crippen LogP contribution in [-0.4, -0.2) is 35.8 Å². The molecule has 1 aromatic heterocycles. The Morgan fingerprint density at radius 1 is 1.53 bits per heavy atom. The summed E-state index contributed by atoms with van der Waals surface area (Å²) in [6.07, 6.45) is 5.55. The van der Waals surface area contributed by atoms with Crippen molar-refractivity contribution in [3.05, 3.63) is 22.7 Å². The van der Waals surface area contributed by atoms with Gasteiger partial charge in [0.25, 0.3) is 0 Å². The molecule has 1 fully saturated rings. The van der Waals surface area contributed by atoms with E-state index >= 15 is 0 Å². The number of amides is 2. The summed E-state index contributed by atoms with van der Waals surface area (Å²) in [5, 5.41) is 5.70. The minimum Gasteiger partial charge on any atom is -0.383 e. The van der Waals surface area contributed by atoms with E-state index in [-0.39, 0.29) is 12.1 Å². The van der Waals surface area contributed by atoms with Gasteiger partial charge in [0.15, 0.2) is 0 Å². The number of nitrogens with one attached hydrogen (secondary N) is 2. The number of hydrogen-bond acceptors (Lipinski definition) is 4. The van der Waals surface area contributed by atoms with Crippen LogP contribution in [0.25, 0.3) is 0 Å². The highest BCUT2D eigenvalue weighted by Gasteiger charge is 2.32. The normalized spacial score (nSPS) is 15.9. The molecule has 104 valence electrons. The summed E-state index contributed by atoms with van der Waals surface area (Å²) in [6.45, 7) is 0.909. The number of carbonyl (C=O) groups excluding carboxylic acids is 1. The van der Waals surface area contributed by atoms with Crippen LogP contribution >= 0.6 is 15.9 Å². The van der Waals surface area contributed by atoms with Crippen molar-refractivity contribution in [3.63, 3.8) is 0 Å². The van der Waals surface area contributed by atoms with Crippen molar-refractivity contribution in [2.75, 3.05) is 13.7 Å². The molecular weight excluding hydrogens is 312 g/mol. The van der Waals surface area contributed by atoms with E-state index in [9.17, 15) is 4.79 Å². The molecule has 2 amide bonds. The molecular formula is C12H17BrN4O2. The summed E-state index contributed by atoms with van der Waals surface area (Å²) in [4.78, 5) is 20.0. The molecule has 2 rings (SSSR count). The maximum atomic E-state index is 11.8. The number of halogens is 1. The van der Waals surface area contributed by atoms with Gasteiger partial charge in [0.2, 0.25) is 0 Å².